The van der Waals surface area contributed by atoms with Crippen LogP contribution in [-0.4, -0.2) is 86.5 Å². The number of aliphatic hydroxyl groups excluding tert-OH is 1. The Labute approximate surface area is 232 Å². The average Bonchev–Trinajstić information content (AvgIpc) is 3.64. The third kappa shape index (κ3) is 5.95. The molecule has 2 aromatic carbocycles. The molecule has 1 fully saturated rings. The Bertz CT molecular complexity index is 1350. The molecule has 0 spiro atoms. The molecule has 4 heterocycles. The van der Waals surface area contributed by atoms with E-state index in [2.05, 4.69) is 11.0 Å². The number of carbonyl (C=O) groups is 1. The van der Waals surface area contributed by atoms with Crippen molar-refractivity contribution < 1.29 is 38.0 Å². The molecule has 6 rings (SSSR count). The minimum atomic E-state index is -0.604. The lowest BCUT2D eigenvalue weighted by Gasteiger charge is -2.36. The van der Waals surface area contributed by atoms with E-state index in [-0.39, 0.29) is 31.8 Å². The lowest BCUT2D eigenvalue weighted by molar-refractivity contribution is -0.157. The molecule has 1 N–H and O–H groups in total. The monoisotopic (exact) mass is 550 g/mol. The molecule has 0 aliphatic carbocycles. The molecule has 1 aromatic heterocycles. The van der Waals surface area contributed by atoms with E-state index in [1.165, 1.54) is 0 Å². The summed E-state index contributed by atoms with van der Waals surface area (Å²) in [5.74, 6) is 1.62. The molecule has 3 aromatic rings. The van der Waals surface area contributed by atoms with E-state index in [0.29, 0.717) is 38.5 Å². The molecule has 2 atom stereocenters. The second-order valence-corrected chi connectivity index (χ2v) is 10.1. The largest absolute Gasteiger partial charge is 0.464 e. The molecule has 212 valence electrons. The topological polar surface area (TPSA) is 103 Å². The van der Waals surface area contributed by atoms with Gasteiger partial charge in [-0.05, 0) is 29.8 Å². The molecule has 0 saturated carbocycles. The number of aliphatic hydroxyl groups is 1. The second-order valence-electron chi connectivity index (χ2n) is 10.1. The highest BCUT2D eigenvalue weighted by Gasteiger charge is 2.33. The van der Waals surface area contributed by atoms with E-state index >= 15 is 0 Å². The van der Waals surface area contributed by atoms with Crippen LogP contribution in [0.2, 0.25) is 0 Å². The maximum Gasteiger partial charge on any atom is 0.288 e. The van der Waals surface area contributed by atoms with Gasteiger partial charge in [0.2, 0.25) is 13.1 Å². The summed E-state index contributed by atoms with van der Waals surface area (Å²) in [5, 5.41) is 9.94. The first-order chi connectivity index (χ1) is 19.7. The van der Waals surface area contributed by atoms with Gasteiger partial charge >= 0.3 is 0 Å². The fourth-order valence-electron chi connectivity index (χ4n) is 5.38. The summed E-state index contributed by atoms with van der Waals surface area (Å²) in [4.78, 5) is 17.8. The second kappa shape index (κ2) is 12.3. The molecular formula is C30H34N2O8. The van der Waals surface area contributed by atoms with Crippen LogP contribution in [0, 0.1) is 0 Å². The van der Waals surface area contributed by atoms with Crippen molar-refractivity contribution in [1.29, 1.82) is 0 Å². The highest BCUT2D eigenvalue weighted by atomic mass is 16.7. The fraction of sp³-hybridized carbons (Fsp3) is 0.433. The summed E-state index contributed by atoms with van der Waals surface area (Å²) < 4.78 is 34.1. The van der Waals surface area contributed by atoms with E-state index in [1.807, 2.05) is 47.4 Å². The van der Waals surface area contributed by atoms with Crippen molar-refractivity contribution in [1.82, 2.24) is 9.80 Å². The summed E-state index contributed by atoms with van der Waals surface area (Å²) in [7, 11) is 0. The number of rotatable bonds is 10. The van der Waals surface area contributed by atoms with Gasteiger partial charge in [-0.25, -0.2) is 0 Å². The first-order valence-electron chi connectivity index (χ1n) is 13.7. The van der Waals surface area contributed by atoms with E-state index in [0.717, 1.165) is 53.2 Å². The van der Waals surface area contributed by atoms with Crippen LogP contribution >= 0.6 is 0 Å². The van der Waals surface area contributed by atoms with Gasteiger partial charge in [-0.2, -0.15) is 0 Å². The molecule has 0 unspecified atom stereocenters. The number of allylic oxidation sites excluding steroid dienone is 1. The van der Waals surface area contributed by atoms with Gasteiger partial charge in [0.25, 0.3) is 5.91 Å². The number of hydrogen-bond donors (Lipinski definition) is 1. The van der Waals surface area contributed by atoms with Crippen molar-refractivity contribution >= 4 is 16.9 Å². The maximum atomic E-state index is 13.6. The Morgan fingerprint density at radius 2 is 1.85 bits per heavy atom. The van der Waals surface area contributed by atoms with Gasteiger partial charge in [-0.1, -0.05) is 24.3 Å². The van der Waals surface area contributed by atoms with Gasteiger partial charge in [-0.3, -0.25) is 9.69 Å². The van der Waals surface area contributed by atoms with Crippen LogP contribution in [0.5, 0.6) is 11.5 Å². The van der Waals surface area contributed by atoms with Crippen molar-refractivity contribution in [3.8, 4) is 11.5 Å². The Morgan fingerprint density at radius 3 is 2.73 bits per heavy atom. The standard InChI is InChI=1S/C30H34N2O8/c33-11-12-35-13-14-36-29-17-22(24-19-37-25-4-2-1-3-23(24)25)16-28(40-29)30(34)32-9-7-31(8-10-32)18-21-5-6-26-27(15-21)39-20-38-26/h1-6,15-16,19,22,29,33H,7-14,17-18,20H2/t22-,29+/m1/s1. The summed E-state index contributed by atoms with van der Waals surface area (Å²) in [6, 6.07) is 13.9. The van der Waals surface area contributed by atoms with E-state index in [4.69, 9.17) is 33.2 Å². The number of hydrogen-bond acceptors (Lipinski definition) is 9. The SMILES string of the molecule is O=C(C1=C[C@@H](c2coc3ccccc23)C[C@@H](OCCOCCO)O1)N1CCN(Cc2ccc3c(c2)OCO3)CC1. The number of piperazine rings is 1. The van der Waals surface area contributed by atoms with Gasteiger partial charge in [0, 0.05) is 56.0 Å². The number of carbonyl (C=O) groups excluding carboxylic acids is 1. The van der Waals surface area contributed by atoms with Crippen LogP contribution in [0.15, 0.2) is 65.0 Å². The van der Waals surface area contributed by atoms with Crippen LogP contribution in [0.4, 0.5) is 0 Å². The molecule has 3 aliphatic rings. The minimum Gasteiger partial charge on any atom is -0.464 e. The van der Waals surface area contributed by atoms with Crippen LogP contribution in [0.3, 0.4) is 0 Å². The van der Waals surface area contributed by atoms with Gasteiger partial charge < -0.3 is 38.1 Å². The Hall–Kier alpha value is -3.57. The van der Waals surface area contributed by atoms with E-state index < -0.39 is 6.29 Å². The zero-order valence-corrected chi connectivity index (χ0v) is 22.3. The number of benzene rings is 2. The first kappa shape index (κ1) is 26.6. The molecular weight excluding hydrogens is 516 g/mol. The Morgan fingerprint density at radius 1 is 1.00 bits per heavy atom. The van der Waals surface area contributed by atoms with Crippen molar-refractivity contribution in [2.75, 3.05) is 59.4 Å². The van der Waals surface area contributed by atoms with Gasteiger partial charge in [-0.15, -0.1) is 0 Å². The molecule has 0 radical (unpaired) electrons. The molecule has 1 amide bonds. The molecule has 1 saturated heterocycles. The highest BCUT2D eigenvalue weighted by molar-refractivity contribution is 5.92. The number of amides is 1. The van der Waals surface area contributed by atoms with Gasteiger partial charge in [0.05, 0.1) is 32.7 Å². The van der Waals surface area contributed by atoms with E-state index in [1.54, 1.807) is 6.26 Å². The quantitative estimate of drug-likeness (QED) is 0.381. The average molecular weight is 551 g/mol. The molecule has 0 bridgehead atoms. The third-order valence-corrected chi connectivity index (χ3v) is 7.45. The highest BCUT2D eigenvalue weighted by Crippen LogP contribution is 2.37. The van der Waals surface area contributed by atoms with E-state index in [9.17, 15) is 4.79 Å². The van der Waals surface area contributed by atoms with Crippen molar-refractivity contribution in [2.45, 2.75) is 25.2 Å². The number of fused-ring (bicyclic) bond motifs is 2. The third-order valence-electron chi connectivity index (χ3n) is 7.45. The zero-order valence-electron chi connectivity index (χ0n) is 22.3. The lowest BCUT2D eigenvalue weighted by Crippen LogP contribution is -2.49. The molecule has 40 heavy (non-hydrogen) atoms. The predicted molar refractivity (Wildman–Crippen MR) is 145 cm³/mol. The lowest BCUT2D eigenvalue weighted by atomic mass is 9.92. The number of nitrogens with zero attached hydrogens (tertiary/aromatic N) is 2. The summed E-state index contributed by atoms with van der Waals surface area (Å²) in [5.41, 5.74) is 2.96. The Kier molecular flexibility index (Phi) is 8.19. The Balaban J connectivity index is 1.11. The van der Waals surface area contributed by atoms with Crippen LogP contribution in [0.1, 0.15) is 23.5 Å². The molecule has 10 heteroatoms. The zero-order chi connectivity index (χ0) is 27.3. The fourth-order valence-corrected chi connectivity index (χ4v) is 5.38. The first-order valence-corrected chi connectivity index (χ1v) is 13.7. The van der Waals surface area contributed by atoms with Gasteiger partial charge in [0.1, 0.15) is 5.58 Å². The smallest absolute Gasteiger partial charge is 0.288 e. The van der Waals surface area contributed by atoms with Crippen LogP contribution in [-0.2, 0) is 25.5 Å². The van der Waals surface area contributed by atoms with Crippen molar-refractivity contribution in [3.63, 3.8) is 0 Å². The molecule has 10 nitrogen and oxygen atoms in total. The van der Waals surface area contributed by atoms with Crippen molar-refractivity contribution in [2.24, 2.45) is 0 Å². The van der Waals surface area contributed by atoms with Crippen molar-refractivity contribution in [3.05, 3.63) is 71.7 Å². The normalized spacial score (nSPS) is 20.9. The minimum absolute atomic E-state index is 0.0408. The summed E-state index contributed by atoms with van der Waals surface area (Å²) in [6.45, 7) is 4.59. The summed E-state index contributed by atoms with van der Waals surface area (Å²) in [6.07, 6.45) is 3.60. The predicted octanol–water partition coefficient (Wildman–Crippen LogP) is 3.25. The number of ether oxygens (including phenoxy) is 5. The summed E-state index contributed by atoms with van der Waals surface area (Å²) >= 11 is 0. The maximum absolute atomic E-state index is 13.6. The van der Waals surface area contributed by atoms with Gasteiger partial charge in [0.15, 0.2) is 17.3 Å². The number of furan rings is 1. The van der Waals surface area contributed by atoms with Crippen LogP contribution < -0.4 is 9.47 Å². The number of para-hydroxylation sites is 1. The molecule has 3 aliphatic heterocycles. The van der Waals surface area contributed by atoms with Crippen LogP contribution in [0.25, 0.3) is 11.0 Å².